The standard InChI is InChI=1S/C11H8BrClN2O/c1-7-4-2-3-5-9(7)16-10-8(12)6-14-11(13)15-10/h2-6H,1H3. The predicted molar refractivity (Wildman–Crippen MR) is 66.0 cm³/mol. The number of benzene rings is 1. The predicted octanol–water partition coefficient (Wildman–Crippen LogP) is 3.99. The third-order valence-corrected chi connectivity index (χ3v) is 2.71. The highest BCUT2D eigenvalue weighted by Gasteiger charge is 2.07. The number of ether oxygens (including phenoxy) is 1. The summed E-state index contributed by atoms with van der Waals surface area (Å²) >= 11 is 9.00. The summed E-state index contributed by atoms with van der Waals surface area (Å²) in [6.07, 6.45) is 1.56. The van der Waals surface area contributed by atoms with Gasteiger partial charge in [-0.05, 0) is 46.1 Å². The van der Waals surface area contributed by atoms with Crippen molar-refractivity contribution in [2.45, 2.75) is 6.92 Å². The minimum atomic E-state index is 0.159. The number of nitrogens with zero attached hydrogens (tertiary/aromatic N) is 2. The molecule has 1 heterocycles. The maximum Gasteiger partial charge on any atom is 0.237 e. The Kier molecular flexibility index (Phi) is 3.41. The lowest BCUT2D eigenvalue weighted by Gasteiger charge is -2.08. The molecule has 2 rings (SSSR count). The van der Waals surface area contributed by atoms with Crippen molar-refractivity contribution in [1.82, 2.24) is 9.97 Å². The van der Waals surface area contributed by atoms with Crippen LogP contribution < -0.4 is 4.74 Å². The topological polar surface area (TPSA) is 35.0 Å². The van der Waals surface area contributed by atoms with Crippen LogP contribution in [0.15, 0.2) is 34.9 Å². The van der Waals surface area contributed by atoms with E-state index in [4.69, 9.17) is 16.3 Å². The summed E-state index contributed by atoms with van der Waals surface area (Å²) in [7, 11) is 0. The zero-order chi connectivity index (χ0) is 11.5. The van der Waals surface area contributed by atoms with Gasteiger partial charge in [-0.3, -0.25) is 0 Å². The van der Waals surface area contributed by atoms with Gasteiger partial charge in [-0.1, -0.05) is 18.2 Å². The third kappa shape index (κ3) is 2.51. The van der Waals surface area contributed by atoms with Crippen LogP contribution in [0, 0.1) is 6.92 Å². The monoisotopic (exact) mass is 298 g/mol. The molecule has 0 saturated carbocycles. The zero-order valence-electron chi connectivity index (χ0n) is 8.45. The van der Waals surface area contributed by atoms with E-state index in [1.165, 1.54) is 0 Å². The van der Waals surface area contributed by atoms with E-state index in [-0.39, 0.29) is 5.28 Å². The van der Waals surface area contributed by atoms with Crippen molar-refractivity contribution >= 4 is 27.5 Å². The van der Waals surface area contributed by atoms with Gasteiger partial charge < -0.3 is 4.74 Å². The van der Waals surface area contributed by atoms with E-state index in [2.05, 4.69) is 25.9 Å². The first-order valence-corrected chi connectivity index (χ1v) is 5.75. The molecular weight excluding hydrogens is 291 g/mol. The zero-order valence-corrected chi connectivity index (χ0v) is 10.8. The molecule has 3 nitrogen and oxygen atoms in total. The van der Waals surface area contributed by atoms with Crippen LogP contribution in [-0.4, -0.2) is 9.97 Å². The van der Waals surface area contributed by atoms with Crippen LogP contribution in [0.2, 0.25) is 5.28 Å². The minimum Gasteiger partial charge on any atom is -0.437 e. The van der Waals surface area contributed by atoms with E-state index >= 15 is 0 Å². The molecule has 0 fully saturated rings. The molecule has 0 aliphatic heterocycles. The smallest absolute Gasteiger partial charge is 0.237 e. The van der Waals surface area contributed by atoms with Gasteiger partial charge in [0.15, 0.2) is 0 Å². The van der Waals surface area contributed by atoms with Gasteiger partial charge in [0, 0.05) is 6.20 Å². The molecule has 0 spiro atoms. The van der Waals surface area contributed by atoms with E-state index in [0.29, 0.717) is 10.4 Å². The van der Waals surface area contributed by atoms with Gasteiger partial charge in [0.2, 0.25) is 11.2 Å². The summed E-state index contributed by atoms with van der Waals surface area (Å²) < 4.78 is 6.31. The Morgan fingerprint density at radius 1 is 1.31 bits per heavy atom. The van der Waals surface area contributed by atoms with Gasteiger partial charge >= 0.3 is 0 Å². The van der Waals surface area contributed by atoms with Crippen LogP contribution in [0.4, 0.5) is 0 Å². The number of aryl methyl sites for hydroxylation is 1. The molecule has 0 atom stereocenters. The van der Waals surface area contributed by atoms with Crippen LogP contribution in [0.3, 0.4) is 0 Å². The molecule has 5 heteroatoms. The summed E-state index contributed by atoms with van der Waals surface area (Å²) in [4.78, 5) is 7.83. The Hall–Kier alpha value is -1.13. The molecule has 0 bridgehead atoms. The maximum absolute atomic E-state index is 5.70. The summed E-state index contributed by atoms with van der Waals surface area (Å²) in [6, 6.07) is 7.69. The first-order valence-electron chi connectivity index (χ1n) is 4.58. The Morgan fingerprint density at radius 2 is 2.06 bits per heavy atom. The van der Waals surface area contributed by atoms with E-state index in [0.717, 1.165) is 11.3 Å². The first kappa shape index (κ1) is 11.4. The van der Waals surface area contributed by atoms with E-state index in [9.17, 15) is 0 Å². The second-order valence-electron chi connectivity index (χ2n) is 3.16. The average molecular weight is 300 g/mol. The fourth-order valence-electron chi connectivity index (χ4n) is 1.18. The van der Waals surface area contributed by atoms with Gasteiger partial charge in [-0.25, -0.2) is 4.98 Å². The van der Waals surface area contributed by atoms with E-state index < -0.39 is 0 Å². The number of hydrogen-bond donors (Lipinski definition) is 0. The molecule has 0 unspecified atom stereocenters. The van der Waals surface area contributed by atoms with Gasteiger partial charge in [-0.15, -0.1) is 0 Å². The van der Waals surface area contributed by atoms with E-state index in [1.807, 2.05) is 31.2 Å². The second-order valence-corrected chi connectivity index (χ2v) is 4.35. The number of halogens is 2. The van der Waals surface area contributed by atoms with Crippen LogP contribution in [0.25, 0.3) is 0 Å². The highest BCUT2D eigenvalue weighted by molar-refractivity contribution is 9.10. The largest absolute Gasteiger partial charge is 0.437 e. The molecule has 1 aromatic heterocycles. The molecule has 0 radical (unpaired) electrons. The quantitative estimate of drug-likeness (QED) is 0.786. The van der Waals surface area contributed by atoms with E-state index in [1.54, 1.807) is 6.20 Å². The highest BCUT2D eigenvalue weighted by atomic mass is 79.9. The number of para-hydroxylation sites is 1. The number of aromatic nitrogens is 2. The van der Waals surface area contributed by atoms with Crippen molar-refractivity contribution in [2.24, 2.45) is 0 Å². The number of rotatable bonds is 2. The average Bonchev–Trinajstić information content (AvgIpc) is 2.27. The Balaban J connectivity index is 2.34. The van der Waals surface area contributed by atoms with Gasteiger partial charge in [-0.2, -0.15) is 4.98 Å². The molecule has 16 heavy (non-hydrogen) atoms. The lowest BCUT2D eigenvalue weighted by molar-refractivity contribution is 0.455. The van der Waals surface area contributed by atoms with Gasteiger partial charge in [0.1, 0.15) is 5.75 Å². The normalized spacial score (nSPS) is 10.2. The Morgan fingerprint density at radius 3 is 2.81 bits per heavy atom. The first-order chi connectivity index (χ1) is 7.66. The summed E-state index contributed by atoms with van der Waals surface area (Å²) in [5, 5.41) is 0.159. The second kappa shape index (κ2) is 4.80. The summed E-state index contributed by atoms with van der Waals surface area (Å²) in [6.45, 7) is 1.96. The fourth-order valence-corrected chi connectivity index (χ4v) is 1.58. The molecule has 1 aromatic carbocycles. The highest BCUT2D eigenvalue weighted by Crippen LogP contribution is 2.29. The van der Waals surface area contributed by atoms with Gasteiger partial charge in [0.05, 0.1) is 4.47 Å². The molecular formula is C11H8BrClN2O. The van der Waals surface area contributed by atoms with Gasteiger partial charge in [0.25, 0.3) is 0 Å². The number of hydrogen-bond acceptors (Lipinski definition) is 3. The lowest BCUT2D eigenvalue weighted by atomic mass is 10.2. The molecule has 0 amide bonds. The SMILES string of the molecule is Cc1ccccc1Oc1nc(Cl)ncc1Br. The molecule has 0 saturated heterocycles. The van der Waals surface area contributed by atoms with Crippen molar-refractivity contribution in [2.75, 3.05) is 0 Å². The third-order valence-electron chi connectivity index (χ3n) is 1.98. The van der Waals surface area contributed by atoms with Crippen LogP contribution in [-0.2, 0) is 0 Å². The van der Waals surface area contributed by atoms with Crippen LogP contribution in [0.5, 0.6) is 11.6 Å². The molecule has 0 aliphatic rings. The summed E-state index contributed by atoms with van der Waals surface area (Å²) in [5.41, 5.74) is 1.03. The van der Waals surface area contributed by atoms with Crippen molar-refractivity contribution in [3.8, 4) is 11.6 Å². The minimum absolute atomic E-state index is 0.159. The van der Waals surface area contributed by atoms with Crippen molar-refractivity contribution < 1.29 is 4.74 Å². The summed E-state index contributed by atoms with van der Waals surface area (Å²) in [5.74, 6) is 1.16. The van der Waals surface area contributed by atoms with Crippen molar-refractivity contribution in [1.29, 1.82) is 0 Å². The molecule has 82 valence electrons. The maximum atomic E-state index is 5.70. The Bertz CT molecular complexity index is 519. The Labute approximate surface area is 107 Å². The van der Waals surface area contributed by atoms with Crippen LogP contribution in [0.1, 0.15) is 5.56 Å². The molecule has 0 aliphatic carbocycles. The van der Waals surface area contributed by atoms with Crippen molar-refractivity contribution in [3.05, 3.63) is 45.8 Å². The molecule has 2 aromatic rings. The fraction of sp³-hybridized carbons (Fsp3) is 0.0909. The molecule has 0 N–H and O–H groups in total. The lowest BCUT2D eigenvalue weighted by Crippen LogP contribution is -1.93. The van der Waals surface area contributed by atoms with Crippen LogP contribution >= 0.6 is 27.5 Å². The van der Waals surface area contributed by atoms with Crippen molar-refractivity contribution in [3.63, 3.8) is 0 Å².